The lowest BCUT2D eigenvalue weighted by Crippen LogP contribution is -2.46. The van der Waals surface area contributed by atoms with Gasteiger partial charge in [0.2, 0.25) is 0 Å². The van der Waals surface area contributed by atoms with Crippen molar-refractivity contribution in [2.24, 2.45) is 5.92 Å². The molecule has 1 aromatic rings. The van der Waals surface area contributed by atoms with E-state index in [2.05, 4.69) is 4.90 Å². The molecule has 1 amide bonds. The molecular weight excluding hydrogens is 306 g/mol. The van der Waals surface area contributed by atoms with E-state index in [4.69, 9.17) is 9.47 Å². The fraction of sp³-hybridized carbons (Fsp3) is 0.562. The lowest BCUT2D eigenvalue weighted by Gasteiger charge is -2.29. The summed E-state index contributed by atoms with van der Waals surface area (Å²) in [7, 11) is 2.03. The number of hydrogen-bond donors (Lipinski definition) is 0. The molecule has 2 atom stereocenters. The minimum Gasteiger partial charge on any atom is -0.481 e. The van der Waals surface area contributed by atoms with Gasteiger partial charge in [-0.05, 0) is 19.2 Å². The summed E-state index contributed by atoms with van der Waals surface area (Å²) in [5, 5.41) is 0. The van der Waals surface area contributed by atoms with Crippen LogP contribution in [0, 0.1) is 17.6 Å². The maximum absolute atomic E-state index is 13.5. The summed E-state index contributed by atoms with van der Waals surface area (Å²) in [4.78, 5) is 16.4. The van der Waals surface area contributed by atoms with E-state index in [0.717, 1.165) is 18.7 Å². The molecule has 0 unspecified atom stereocenters. The number of fused-ring (bicyclic) bond motifs is 3. The van der Waals surface area contributed by atoms with Gasteiger partial charge in [-0.25, -0.2) is 8.78 Å². The second-order valence-corrected chi connectivity index (χ2v) is 6.16. The van der Waals surface area contributed by atoms with Crippen molar-refractivity contribution >= 4 is 5.91 Å². The van der Waals surface area contributed by atoms with Crippen molar-refractivity contribution in [2.75, 3.05) is 46.5 Å². The summed E-state index contributed by atoms with van der Waals surface area (Å²) >= 11 is 0. The molecule has 23 heavy (non-hydrogen) atoms. The number of nitrogens with zero attached hydrogens (tertiary/aromatic N) is 2. The Balaban J connectivity index is 1.61. The lowest BCUT2D eigenvalue weighted by atomic mass is 10.1. The summed E-state index contributed by atoms with van der Waals surface area (Å²) in [5.74, 6) is -1.53. The first-order valence-corrected chi connectivity index (χ1v) is 7.66. The third kappa shape index (κ3) is 3.79. The molecule has 0 saturated carbocycles. The zero-order valence-corrected chi connectivity index (χ0v) is 13.0. The minimum absolute atomic E-state index is 0.116. The molecule has 2 heterocycles. The molecule has 2 fully saturated rings. The summed E-state index contributed by atoms with van der Waals surface area (Å²) in [5.41, 5.74) is 0. The van der Waals surface area contributed by atoms with Crippen LogP contribution in [-0.4, -0.2) is 68.3 Å². The first-order chi connectivity index (χ1) is 11.0. The monoisotopic (exact) mass is 326 g/mol. The highest BCUT2D eigenvalue weighted by molar-refractivity contribution is 5.78. The van der Waals surface area contributed by atoms with Gasteiger partial charge < -0.3 is 14.4 Å². The van der Waals surface area contributed by atoms with Crippen molar-refractivity contribution in [3.05, 3.63) is 29.8 Å². The van der Waals surface area contributed by atoms with E-state index in [0.29, 0.717) is 26.3 Å². The molecule has 0 radical (unpaired) electrons. The maximum Gasteiger partial charge on any atom is 0.260 e. The standard InChI is InChI=1S/C16H20F2N2O3/c1-19-5-11-6-20(7-13(19)9-22-8-11)16(21)10-23-15-3-2-12(17)4-14(15)18/h2-4,11,13H,5-10H2,1H3/t11-,13+/m1/s1. The number of halogens is 2. The molecule has 0 aromatic heterocycles. The van der Waals surface area contributed by atoms with Gasteiger partial charge in [0.15, 0.2) is 18.2 Å². The average Bonchev–Trinajstić information content (AvgIpc) is 2.74. The number of likely N-dealkylation sites (N-methyl/N-ethyl adjacent to an activating group) is 1. The van der Waals surface area contributed by atoms with Crippen molar-refractivity contribution in [3.8, 4) is 5.75 Å². The molecule has 0 N–H and O–H groups in total. The first-order valence-electron chi connectivity index (χ1n) is 7.66. The second kappa shape index (κ2) is 6.80. The van der Waals surface area contributed by atoms with E-state index in [9.17, 15) is 13.6 Å². The fourth-order valence-electron chi connectivity index (χ4n) is 3.08. The highest BCUT2D eigenvalue weighted by Crippen LogP contribution is 2.20. The molecule has 2 aliphatic heterocycles. The van der Waals surface area contributed by atoms with Crippen LogP contribution in [0.25, 0.3) is 0 Å². The molecule has 3 rings (SSSR count). The van der Waals surface area contributed by atoms with E-state index < -0.39 is 11.6 Å². The average molecular weight is 326 g/mol. The van der Waals surface area contributed by atoms with Crippen LogP contribution < -0.4 is 4.74 Å². The van der Waals surface area contributed by atoms with Crippen LogP contribution in [0.5, 0.6) is 5.75 Å². The van der Waals surface area contributed by atoms with Crippen LogP contribution >= 0.6 is 0 Å². The van der Waals surface area contributed by atoms with Crippen LogP contribution in [0.15, 0.2) is 18.2 Å². The van der Waals surface area contributed by atoms with Crippen molar-refractivity contribution in [1.29, 1.82) is 0 Å². The smallest absolute Gasteiger partial charge is 0.260 e. The fourth-order valence-corrected chi connectivity index (χ4v) is 3.08. The summed E-state index contributed by atoms with van der Waals surface area (Å²) in [6.45, 7) is 3.05. The van der Waals surface area contributed by atoms with Crippen LogP contribution in [0.4, 0.5) is 8.78 Å². The summed E-state index contributed by atoms with van der Waals surface area (Å²) < 4.78 is 37.2. The van der Waals surface area contributed by atoms with Crippen molar-refractivity contribution in [1.82, 2.24) is 9.80 Å². The summed E-state index contributed by atoms with van der Waals surface area (Å²) in [6, 6.07) is 3.19. The maximum atomic E-state index is 13.5. The molecule has 2 aliphatic rings. The van der Waals surface area contributed by atoms with Crippen LogP contribution in [0.1, 0.15) is 0 Å². The van der Waals surface area contributed by atoms with Crippen molar-refractivity contribution in [2.45, 2.75) is 6.04 Å². The number of ether oxygens (including phenoxy) is 2. The van der Waals surface area contributed by atoms with E-state index in [1.807, 2.05) is 7.05 Å². The number of benzene rings is 1. The quantitative estimate of drug-likeness (QED) is 0.835. The Morgan fingerprint density at radius 2 is 2.13 bits per heavy atom. The largest absolute Gasteiger partial charge is 0.481 e. The van der Waals surface area contributed by atoms with Gasteiger partial charge in [0.1, 0.15) is 5.82 Å². The zero-order valence-electron chi connectivity index (χ0n) is 13.0. The number of carbonyl (C=O) groups excluding carboxylic acids is 1. The number of amides is 1. The predicted molar refractivity (Wildman–Crippen MR) is 79.2 cm³/mol. The number of rotatable bonds is 3. The third-order valence-electron chi connectivity index (χ3n) is 4.34. The van der Waals surface area contributed by atoms with Gasteiger partial charge in [-0.3, -0.25) is 9.69 Å². The first kappa shape index (κ1) is 16.1. The van der Waals surface area contributed by atoms with Crippen LogP contribution in [0.3, 0.4) is 0 Å². The Labute approximate surface area is 133 Å². The Morgan fingerprint density at radius 1 is 1.30 bits per heavy atom. The molecule has 7 heteroatoms. The van der Waals surface area contributed by atoms with Gasteiger partial charge >= 0.3 is 0 Å². The van der Waals surface area contributed by atoms with Gasteiger partial charge in [-0.2, -0.15) is 0 Å². The lowest BCUT2D eigenvalue weighted by molar-refractivity contribution is -0.135. The Kier molecular flexibility index (Phi) is 4.77. The third-order valence-corrected chi connectivity index (χ3v) is 4.34. The van der Waals surface area contributed by atoms with Crippen LogP contribution in [0.2, 0.25) is 0 Å². The molecule has 1 aromatic carbocycles. The highest BCUT2D eigenvalue weighted by Gasteiger charge is 2.33. The molecule has 2 saturated heterocycles. The van der Waals surface area contributed by atoms with Gasteiger partial charge in [0.05, 0.1) is 19.3 Å². The zero-order chi connectivity index (χ0) is 16.4. The number of hydrogen-bond acceptors (Lipinski definition) is 4. The topological polar surface area (TPSA) is 42.0 Å². The van der Waals surface area contributed by atoms with Crippen molar-refractivity contribution < 1.29 is 23.0 Å². The van der Waals surface area contributed by atoms with E-state index >= 15 is 0 Å². The van der Waals surface area contributed by atoms with Crippen molar-refractivity contribution in [3.63, 3.8) is 0 Å². The Bertz CT molecular complexity index is 584. The Morgan fingerprint density at radius 3 is 2.91 bits per heavy atom. The normalized spacial score (nSPS) is 25.1. The minimum atomic E-state index is -0.807. The SMILES string of the molecule is CN1C[C@H]2COC[C@@H]1CN(C(=O)COc1ccc(F)cc1F)C2. The van der Waals surface area contributed by atoms with E-state index in [-0.39, 0.29) is 30.2 Å². The van der Waals surface area contributed by atoms with Crippen LogP contribution in [-0.2, 0) is 9.53 Å². The Hall–Kier alpha value is -1.73. The molecule has 126 valence electrons. The van der Waals surface area contributed by atoms with Gasteiger partial charge in [-0.1, -0.05) is 0 Å². The highest BCUT2D eigenvalue weighted by atomic mass is 19.1. The molecule has 2 bridgehead atoms. The molecule has 5 nitrogen and oxygen atoms in total. The summed E-state index contributed by atoms with van der Waals surface area (Å²) in [6.07, 6.45) is 0. The van der Waals surface area contributed by atoms with Gasteiger partial charge in [-0.15, -0.1) is 0 Å². The molecular formula is C16H20F2N2O3. The second-order valence-electron chi connectivity index (χ2n) is 6.16. The van der Waals surface area contributed by atoms with E-state index in [1.165, 1.54) is 6.07 Å². The van der Waals surface area contributed by atoms with Gasteiger partial charge in [0.25, 0.3) is 5.91 Å². The predicted octanol–water partition coefficient (Wildman–Crippen LogP) is 1.13. The molecule has 0 aliphatic carbocycles. The number of carbonyl (C=O) groups is 1. The molecule has 0 spiro atoms. The van der Waals surface area contributed by atoms with E-state index in [1.54, 1.807) is 4.90 Å². The van der Waals surface area contributed by atoms with Gasteiger partial charge in [0, 0.05) is 31.6 Å².